The molecular weight excluding hydrogens is 360 g/mol. The van der Waals surface area contributed by atoms with Crippen molar-refractivity contribution in [3.63, 3.8) is 0 Å². The van der Waals surface area contributed by atoms with Crippen LogP contribution >= 0.6 is 0 Å². The molecule has 0 spiro atoms. The molecule has 1 saturated heterocycles. The number of anilines is 1. The second kappa shape index (κ2) is 8.93. The molecule has 0 unspecified atom stereocenters. The number of carbonyl (C=O) groups is 1. The zero-order chi connectivity index (χ0) is 20.1. The van der Waals surface area contributed by atoms with Crippen LogP contribution < -0.4 is 10.2 Å². The van der Waals surface area contributed by atoms with Crippen molar-refractivity contribution < 1.29 is 4.79 Å². The number of aromatic nitrogens is 2. The lowest BCUT2D eigenvalue weighted by molar-refractivity contribution is -0.125. The van der Waals surface area contributed by atoms with Crippen LogP contribution in [-0.4, -0.2) is 35.5 Å². The number of piperidine rings is 1. The monoisotopic (exact) mass is 392 g/mol. The van der Waals surface area contributed by atoms with E-state index in [0.717, 1.165) is 38.3 Å². The molecule has 0 atom stereocenters. The molecule has 5 heteroatoms. The molecule has 1 aromatic heterocycles. The summed E-state index contributed by atoms with van der Waals surface area (Å²) in [5, 5.41) is 3.35. The Morgan fingerprint density at radius 3 is 2.66 bits per heavy atom. The molecule has 0 bridgehead atoms. The van der Waals surface area contributed by atoms with Gasteiger partial charge < -0.3 is 10.2 Å². The highest BCUT2D eigenvalue weighted by atomic mass is 16.1. The predicted octanol–water partition coefficient (Wildman–Crippen LogP) is 4.02. The molecule has 0 radical (unpaired) electrons. The Morgan fingerprint density at radius 1 is 1.17 bits per heavy atom. The fourth-order valence-corrected chi connectivity index (χ4v) is 5.00. The van der Waals surface area contributed by atoms with E-state index >= 15 is 0 Å². The van der Waals surface area contributed by atoms with E-state index in [9.17, 15) is 4.79 Å². The highest BCUT2D eigenvalue weighted by Crippen LogP contribution is 2.39. The summed E-state index contributed by atoms with van der Waals surface area (Å²) in [6.07, 6.45) is 13.1. The maximum atomic E-state index is 13.0. The number of aryl methyl sites for hydroxylation is 1. The first-order valence-corrected chi connectivity index (χ1v) is 11.0. The summed E-state index contributed by atoms with van der Waals surface area (Å²) in [5.74, 6) is 1.23. The highest BCUT2D eigenvalue weighted by Gasteiger charge is 2.35. The number of benzene rings is 1. The molecule has 2 heterocycles. The molecule has 1 aliphatic carbocycles. The Morgan fingerprint density at radius 2 is 1.97 bits per heavy atom. The van der Waals surface area contributed by atoms with E-state index in [-0.39, 0.29) is 17.2 Å². The standard InChI is InChI=1S/C24H32N4O/c1-19-6-5-7-21(16-19)24(10-3-2-4-11-24)18-27-23(29)20-8-14-28(15-9-20)22-17-25-12-13-26-22/h5-7,12-13,16-17,20H,2-4,8-11,14-15,18H2,1H3,(H,27,29). The normalized spacial score (nSPS) is 19.7. The maximum absolute atomic E-state index is 13.0. The highest BCUT2D eigenvalue weighted by molar-refractivity contribution is 5.79. The third kappa shape index (κ3) is 4.60. The van der Waals surface area contributed by atoms with Gasteiger partial charge in [-0.25, -0.2) is 4.98 Å². The van der Waals surface area contributed by atoms with E-state index in [1.165, 1.54) is 43.2 Å². The van der Waals surface area contributed by atoms with Crippen LogP contribution in [0.15, 0.2) is 42.9 Å². The summed E-state index contributed by atoms with van der Waals surface area (Å²) >= 11 is 0. The molecule has 29 heavy (non-hydrogen) atoms. The third-order valence-electron chi connectivity index (χ3n) is 6.78. The van der Waals surface area contributed by atoms with Crippen LogP contribution in [0.4, 0.5) is 5.82 Å². The zero-order valence-corrected chi connectivity index (χ0v) is 17.4. The average molecular weight is 393 g/mol. The maximum Gasteiger partial charge on any atom is 0.223 e. The van der Waals surface area contributed by atoms with E-state index in [0.29, 0.717) is 0 Å². The Bertz CT molecular complexity index is 809. The van der Waals surface area contributed by atoms with Crippen LogP contribution in [0.5, 0.6) is 0 Å². The summed E-state index contributed by atoms with van der Waals surface area (Å²) in [5.41, 5.74) is 2.80. The Balaban J connectivity index is 1.36. The van der Waals surface area contributed by atoms with Crippen molar-refractivity contribution in [1.29, 1.82) is 0 Å². The number of nitrogens with one attached hydrogen (secondary N) is 1. The molecule has 1 saturated carbocycles. The van der Waals surface area contributed by atoms with Gasteiger partial charge in [0.1, 0.15) is 5.82 Å². The Labute approximate surface area is 173 Å². The largest absolute Gasteiger partial charge is 0.355 e. The molecule has 1 N–H and O–H groups in total. The van der Waals surface area contributed by atoms with Gasteiger partial charge in [0, 0.05) is 43.4 Å². The number of hydrogen-bond acceptors (Lipinski definition) is 4. The molecule has 1 aromatic carbocycles. The lowest BCUT2D eigenvalue weighted by Crippen LogP contribution is -2.46. The Kier molecular flexibility index (Phi) is 6.12. The van der Waals surface area contributed by atoms with Gasteiger partial charge in [0.15, 0.2) is 0 Å². The molecule has 154 valence electrons. The zero-order valence-electron chi connectivity index (χ0n) is 17.4. The van der Waals surface area contributed by atoms with E-state index < -0.39 is 0 Å². The first-order chi connectivity index (χ1) is 14.2. The van der Waals surface area contributed by atoms with Gasteiger partial charge in [-0.2, -0.15) is 0 Å². The first kappa shape index (κ1) is 19.9. The predicted molar refractivity (Wildman–Crippen MR) is 116 cm³/mol. The van der Waals surface area contributed by atoms with Gasteiger partial charge in [0.05, 0.1) is 6.20 Å². The number of nitrogens with zero attached hydrogens (tertiary/aromatic N) is 3. The van der Waals surface area contributed by atoms with Crippen molar-refractivity contribution in [3.8, 4) is 0 Å². The fraction of sp³-hybridized carbons (Fsp3) is 0.542. The number of hydrogen-bond donors (Lipinski definition) is 1. The third-order valence-corrected chi connectivity index (χ3v) is 6.78. The SMILES string of the molecule is Cc1cccc(C2(CNC(=O)C3CCN(c4cnccn4)CC3)CCCCC2)c1. The second-order valence-corrected chi connectivity index (χ2v) is 8.75. The Hall–Kier alpha value is -2.43. The molecule has 2 aliphatic rings. The quantitative estimate of drug-likeness (QED) is 0.835. The smallest absolute Gasteiger partial charge is 0.223 e. The van der Waals surface area contributed by atoms with Crippen molar-refractivity contribution >= 4 is 11.7 Å². The van der Waals surface area contributed by atoms with Crippen LogP contribution in [0.25, 0.3) is 0 Å². The summed E-state index contributed by atoms with van der Waals surface area (Å²) < 4.78 is 0. The minimum absolute atomic E-state index is 0.0975. The molecule has 1 amide bonds. The van der Waals surface area contributed by atoms with E-state index in [1.807, 2.05) is 0 Å². The number of amides is 1. The van der Waals surface area contributed by atoms with Gasteiger partial charge in [0.2, 0.25) is 5.91 Å². The van der Waals surface area contributed by atoms with E-state index in [4.69, 9.17) is 0 Å². The van der Waals surface area contributed by atoms with Gasteiger partial charge in [-0.05, 0) is 38.2 Å². The topological polar surface area (TPSA) is 58.1 Å². The number of rotatable bonds is 5. The lowest BCUT2D eigenvalue weighted by Gasteiger charge is -2.39. The van der Waals surface area contributed by atoms with Crippen LogP contribution in [0.2, 0.25) is 0 Å². The molecule has 4 rings (SSSR count). The van der Waals surface area contributed by atoms with Gasteiger partial charge in [-0.1, -0.05) is 49.1 Å². The van der Waals surface area contributed by atoms with Crippen LogP contribution in [-0.2, 0) is 10.2 Å². The average Bonchev–Trinajstić information content (AvgIpc) is 2.79. The van der Waals surface area contributed by atoms with Crippen molar-refractivity contribution in [3.05, 3.63) is 54.0 Å². The summed E-state index contributed by atoms with van der Waals surface area (Å²) in [6.45, 7) is 4.64. The lowest BCUT2D eigenvalue weighted by atomic mass is 9.69. The van der Waals surface area contributed by atoms with Crippen molar-refractivity contribution in [2.75, 3.05) is 24.5 Å². The summed E-state index contributed by atoms with van der Waals surface area (Å²) in [4.78, 5) is 23.7. The van der Waals surface area contributed by atoms with Crippen LogP contribution in [0.3, 0.4) is 0 Å². The van der Waals surface area contributed by atoms with E-state index in [2.05, 4.69) is 51.4 Å². The molecule has 5 nitrogen and oxygen atoms in total. The van der Waals surface area contributed by atoms with Gasteiger partial charge in [-0.15, -0.1) is 0 Å². The first-order valence-electron chi connectivity index (χ1n) is 11.0. The molecule has 2 aromatic rings. The minimum Gasteiger partial charge on any atom is -0.355 e. The van der Waals surface area contributed by atoms with Crippen molar-refractivity contribution in [2.45, 2.75) is 57.3 Å². The molecule has 1 aliphatic heterocycles. The second-order valence-electron chi connectivity index (χ2n) is 8.75. The fourth-order valence-electron chi connectivity index (χ4n) is 5.00. The van der Waals surface area contributed by atoms with Crippen molar-refractivity contribution in [2.24, 2.45) is 5.92 Å². The van der Waals surface area contributed by atoms with Gasteiger partial charge >= 0.3 is 0 Å². The van der Waals surface area contributed by atoms with Crippen LogP contribution in [0.1, 0.15) is 56.1 Å². The molecule has 2 fully saturated rings. The summed E-state index contributed by atoms with van der Waals surface area (Å²) in [7, 11) is 0. The molecular formula is C24H32N4O. The minimum atomic E-state index is 0.0975. The summed E-state index contributed by atoms with van der Waals surface area (Å²) in [6, 6.07) is 8.88. The van der Waals surface area contributed by atoms with E-state index in [1.54, 1.807) is 18.6 Å². The van der Waals surface area contributed by atoms with Crippen molar-refractivity contribution in [1.82, 2.24) is 15.3 Å². The number of carbonyl (C=O) groups excluding carboxylic acids is 1. The van der Waals surface area contributed by atoms with Gasteiger partial charge in [-0.3, -0.25) is 9.78 Å². The van der Waals surface area contributed by atoms with Gasteiger partial charge in [0.25, 0.3) is 0 Å². The van der Waals surface area contributed by atoms with Crippen LogP contribution in [0, 0.1) is 12.8 Å².